The van der Waals surface area contributed by atoms with E-state index in [0.717, 1.165) is 12.4 Å². The Balaban J connectivity index is 2.60. The number of hydrogen-bond donors (Lipinski definition) is 1. The Morgan fingerprint density at radius 3 is 2.86 bits per heavy atom. The summed E-state index contributed by atoms with van der Waals surface area (Å²) in [4.78, 5) is 13.6. The maximum atomic E-state index is 11.1. The van der Waals surface area contributed by atoms with Crippen LogP contribution >= 0.6 is 11.6 Å². The number of nitrogens with one attached hydrogen (secondary N) is 1. The van der Waals surface area contributed by atoms with Crippen molar-refractivity contribution in [3.63, 3.8) is 0 Å². The summed E-state index contributed by atoms with van der Waals surface area (Å²) in [6.07, 6.45) is 1.12. The monoisotopic (exact) mass is 213 g/mol. The second kappa shape index (κ2) is 3.02. The number of quaternary nitrogens is 1. The number of fused-ring (bicyclic) bond motifs is 1. The summed E-state index contributed by atoms with van der Waals surface area (Å²) in [5.41, 5.74) is 0.330. The molecule has 1 N–H and O–H groups in total. The lowest BCUT2D eigenvalue weighted by Crippen LogP contribution is -2.99. The van der Waals surface area contributed by atoms with Gasteiger partial charge in [0, 0.05) is 0 Å². The largest absolute Gasteiger partial charge is 0.623 e. The fraction of sp³-hybridized carbons (Fsp3) is 0. The number of benzene rings is 1. The molecular weight excluding hydrogens is 210 g/mol. The maximum Gasteiger partial charge on any atom is 0.294 e. The molecule has 1 aromatic carbocycles. The van der Waals surface area contributed by atoms with Gasteiger partial charge in [-0.15, -0.1) is 0 Å². The van der Waals surface area contributed by atoms with Crippen LogP contribution in [0.25, 0.3) is 0 Å². The molecule has 0 bridgehead atoms. The number of nitro groups is 1. The van der Waals surface area contributed by atoms with Gasteiger partial charge in [0.15, 0.2) is 12.0 Å². The highest BCUT2D eigenvalue weighted by Crippen LogP contribution is 2.34. The van der Waals surface area contributed by atoms with Crippen LogP contribution in [0.4, 0.5) is 17.1 Å². The molecule has 1 unspecified atom stereocenters. The predicted molar refractivity (Wildman–Crippen MR) is 50.2 cm³/mol. The summed E-state index contributed by atoms with van der Waals surface area (Å²) in [6, 6.07) is 2.46. The van der Waals surface area contributed by atoms with Crippen molar-refractivity contribution in [2.75, 3.05) is 0 Å². The van der Waals surface area contributed by atoms with Gasteiger partial charge in [0.25, 0.3) is 5.69 Å². The summed E-state index contributed by atoms with van der Waals surface area (Å²) in [7, 11) is 0. The van der Waals surface area contributed by atoms with E-state index < -0.39 is 4.92 Å². The fourth-order valence-corrected chi connectivity index (χ4v) is 1.42. The van der Waals surface area contributed by atoms with E-state index in [4.69, 9.17) is 11.6 Å². The molecule has 14 heavy (non-hydrogen) atoms. The second-order valence-electron chi connectivity index (χ2n) is 2.70. The van der Waals surface area contributed by atoms with Crippen molar-refractivity contribution in [2.24, 2.45) is 4.99 Å². The van der Waals surface area contributed by atoms with E-state index in [0.29, 0.717) is 5.69 Å². The lowest BCUT2D eigenvalue weighted by molar-refractivity contribution is -0.655. The van der Waals surface area contributed by atoms with Crippen molar-refractivity contribution in [1.82, 2.24) is 0 Å². The van der Waals surface area contributed by atoms with Crippen LogP contribution in [-0.2, 0) is 0 Å². The molecule has 2 rings (SSSR count). The molecule has 0 aliphatic carbocycles. The van der Waals surface area contributed by atoms with Crippen molar-refractivity contribution in [3.05, 3.63) is 32.5 Å². The highest BCUT2D eigenvalue weighted by molar-refractivity contribution is 6.33. The van der Waals surface area contributed by atoms with Gasteiger partial charge in [-0.05, 0) is 6.07 Å². The van der Waals surface area contributed by atoms with Gasteiger partial charge in [-0.2, -0.15) is 4.99 Å². The zero-order valence-electron chi connectivity index (χ0n) is 6.73. The average Bonchev–Trinajstić information content (AvgIpc) is 2.46. The first-order chi connectivity index (χ1) is 6.59. The van der Waals surface area contributed by atoms with Crippen LogP contribution in [0.15, 0.2) is 17.1 Å². The first-order valence-electron chi connectivity index (χ1n) is 3.66. The van der Waals surface area contributed by atoms with Crippen LogP contribution < -0.4 is 5.06 Å². The highest BCUT2D eigenvalue weighted by Gasteiger charge is 2.23. The summed E-state index contributed by atoms with van der Waals surface area (Å²) in [5.74, 6) is 0. The number of nitrogens with zero attached hydrogens (tertiary/aromatic N) is 2. The minimum Gasteiger partial charge on any atom is -0.623 e. The van der Waals surface area contributed by atoms with Crippen molar-refractivity contribution in [1.29, 1.82) is 0 Å². The summed E-state index contributed by atoms with van der Waals surface area (Å²) < 4.78 is 0. The molecular formula is C7H4ClN3O3. The van der Waals surface area contributed by atoms with Gasteiger partial charge in [-0.25, -0.2) is 0 Å². The van der Waals surface area contributed by atoms with Crippen LogP contribution in [-0.4, -0.2) is 11.3 Å². The van der Waals surface area contributed by atoms with E-state index in [1.54, 1.807) is 0 Å². The third-order valence-electron chi connectivity index (χ3n) is 1.85. The molecule has 1 atom stereocenters. The van der Waals surface area contributed by atoms with Crippen molar-refractivity contribution >= 4 is 35.0 Å². The zero-order chi connectivity index (χ0) is 10.3. The topological polar surface area (TPSA) is 83.0 Å². The molecule has 1 aromatic rings. The number of halogens is 1. The fourth-order valence-electron chi connectivity index (χ4n) is 1.19. The van der Waals surface area contributed by atoms with Gasteiger partial charge < -0.3 is 5.21 Å². The van der Waals surface area contributed by atoms with Crippen LogP contribution in [0.1, 0.15) is 0 Å². The lowest BCUT2D eigenvalue weighted by Gasteiger charge is -2.10. The minimum atomic E-state index is -0.631. The Hall–Kier alpha value is -1.50. The Labute approximate surface area is 83.2 Å². The van der Waals surface area contributed by atoms with Gasteiger partial charge in [-0.3, -0.25) is 15.2 Å². The molecule has 0 aromatic heterocycles. The van der Waals surface area contributed by atoms with Gasteiger partial charge >= 0.3 is 0 Å². The Kier molecular flexibility index (Phi) is 1.95. The van der Waals surface area contributed by atoms with Crippen LogP contribution in [0.2, 0.25) is 5.02 Å². The molecule has 0 saturated heterocycles. The average molecular weight is 214 g/mol. The molecule has 1 aliphatic heterocycles. The smallest absolute Gasteiger partial charge is 0.294 e. The van der Waals surface area contributed by atoms with Crippen molar-refractivity contribution < 1.29 is 9.99 Å². The van der Waals surface area contributed by atoms with Gasteiger partial charge in [0.2, 0.25) is 0 Å². The number of aliphatic imine (C=N–C) groups is 1. The molecule has 0 amide bonds. The molecule has 6 nitrogen and oxygen atoms in total. The van der Waals surface area contributed by atoms with Crippen molar-refractivity contribution in [2.45, 2.75) is 0 Å². The number of hydroxylamine groups is 1. The van der Waals surface area contributed by atoms with Crippen molar-refractivity contribution in [3.8, 4) is 0 Å². The van der Waals surface area contributed by atoms with Crippen LogP contribution in [0, 0.1) is 15.3 Å². The zero-order valence-corrected chi connectivity index (χ0v) is 7.49. The Bertz CT molecular complexity index is 446. The molecule has 1 aliphatic rings. The third kappa shape index (κ3) is 1.25. The van der Waals surface area contributed by atoms with Crippen LogP contribution in [0.5, 0.6) is 0 Å². The molecule has 0 fully saturated rings. The molecule has 0 saturated carbocycles. The van der Waals surface area contributed by atoms with Gasteiger partial charge in [0.05, 0.1) is 11.0 Å². The SMILES string of the molecule is O=[N+]([O-])c1cc2c(cc1Cl)N=C[NH+]2[O-]. The van der Waals surface area contributed by atoms with E-state index in [2.05, 4.69) is 4.99 Å². The normalized spacial score (nSPS) is 18.3. The predicted octanol–water partition coefficient (Wildman–Crippen LogP) is 0.936. The Morgan fingerprint density at radius 2 is 2.21 bits per heavy atom. The highest BCUT2D eigenvalue weighted by atomic mass is 35.5. The number of hydrogen-bond acceptors (Lipinski definition) is 4. The molecule has 1 heterocycles. The summed E-state index contributed by atoms with van der Waals surface area (Å²) >= 11 is 5.62. The van der Waals surface area contributed by atoms with E-state index in [9.17, 15) is 15.3 Å². The third-order valence-corrected chi connectivity index (χ3v) is 2.15. The quantitative estimate of drug-likeness (QED) is 0.428. The van der Waals surface area contributed by atoms with Gasteiger partial charge in [0.1, 0.15) is 10.7 Å². The standard InChI is InChI=1S/C7H4ClN3O3/c8-4-1-5-7(10(12)3-9-5)2-6(4)11(13)14/h1-3,10H. The Morgan fingerprint density at radius 1 is 1.50 bits per heavy atom. The van der Waals surface area contributed by atoms with E-state index in [-0.39, 0.29) is 21.5 Å². The number of nitro benzene ring substituents is 1. The lowest BCUT2D eigenvalue weighted by atomic mass is 10.2. The minimum absolute atomic E-state index is 0.0133. The van der Waals surface area contributed by atoms with Crippen LogP contribution in [0.3, 0.4) is 0 Å². The summed E-state index contributed by atoms with van der Waals surface area (Å²) in [6.45, 7) is 0. The van der Waals surface area contributed by atoms with E-state index in [1.165, 1.54) is 6.07 Å². The van der Waals surface area contributed by atoms with E-state index >= 15 is 0 Å². The maximum absolute atomic E-state index is 11.1. The molecule has 0 spiro atoms. The molecule has 7 heteroatoms. The first-order valence-corrected chi connectivity index (χ1v) is 4.04. The molecule has 72 valence electrons. The first kappa shape index (κ1) is 9.07. The van der Waals surface area contributed by atoms with Gasteiger partial charge in [-0.1, -0.05) is 11.6 Å². The second-order valence-corrected chi connectivity index (χ2v) is 3.11. The van der Waals surface area contributed by atoms with E-state index in [1.807, 2.05) is 0 Å². The summed E-state index contributed by atoms with van der Waals surface area (Å²) in [5, 5.41) is 21.3. The molecule has 0 radical (unpaired) electrons. The number of rotatable bonds is 1.